The van der Waals surface area contributed by atoms with Gasteiger partial charge < -0.3 is 5.11 Å². The minimum atomic E-state index is -0.296. The van der Waals surface area contributed by atoms with Gasteiger partial charge in [0.2, 0.25) is 0 Å². The largest absolute Gasteiger partial charge is 0.379 e. The molecule has 1 aliphatic heterocycles. The molecule has 1 N–H and O–H groups in total. The maximum absolute atomic E-state index is 10.1. The summed E-state index contributed by atoms with van der Waals surface area (Å²) in [6, 6.07) is 0. The van der Waals surface area contributed by atoms with Gasteiger partial charge in [-0.3, -0.25) is 4.90 Å². The number of nitrogens with zero attached hydrogens (tertiary/aromatic N) is 1. The molecule has 0 aromatic rings. The first kappa shape index (κ1) is 26.2. The first-order valence-electron chi connectivity index (χ1n) is 14.9. The van der Waals surface area contributed by atoms with E-state index in [1.54, 1.807) is 5.57 Å². The van der Waals surface area contributed by atoms with Crippen LogP contribution in [0, 0.1) is 47.3 Å². The number of aliphatic hydroxyl groups excluding tert-OH is 1. The summed E-state index contributed by atoms with van der Waals surface area (Å²) < 4.78 is 0. The minimum absolute atomic E-state index is 0.296. The van der Waals surface area contributed by atoms with Gasteiger partial charge >= 0.3 is 0 Å². The average molecular weight is 468 g/mol. The summed E-state index contributed by atoms with van der Waals surface area (Å²) >= 11 is 0. The van der Waals surface area contributed by atoms with Crippen molar-refractivity contribution in [2.45, 2.75) is 105 Å². The Labute approximate surface area is 211 Å². The summed E-state index contributed by atoms with van der Waals surface area (Å²) in [5, 5.41) is 10.1. The van der Waals surface area contributed by atoms with E-state index in [1.165, 1.54) is 70.6 Å². The van der Waals surface area contributed by atoms with Crippen LogP contribution in [-0.2, 0) is 0 Å². The van der Waals surface area contributed by atoms with E-state index in [0.29, 0.717) is 5.92 Å². The lowest BCUT2D eigenvalue weighted by Gasteiger charge is -2.44. The maximum atomic E-state index is 10.1. The fourth-order valence-corrected chi connectivity index (χ4v) is 7.93. The molecular weight excluding hydrogens is 414 g/mol. The van der Waals surface area contributed by atoms with Crippen molar-refractivity contribution in [3.8, 4) is 0 Å². The molecule has 0 spiro atoms. The Balaban J connectivity index is 1.52. The molecule has 2 heteroatoms. The molecule has 8 atom stereocenters. The SMILES string of the molecule is CCC1CC(C2=CC=CC(C)C2)CC(C(C=CC2CCCC(C)C2)C2CCN(C(C)O)CC2)C1. The monoisotopic (exact) mass is 467 g/mol. The normalized spacial score (nSPS) is 38.1. The second-order valence-electron chi connectivity index (χ2n) is 12.7. The van der Waals surface area contributed by atoms with E-state index in [-0.39, 0.29) is 6.23 Å². The van der Waals surface area contributed by atoms with Crippen LogP contribution in [0.1, 0.15) is 98.3 Å². The Morgan fingerprint density at radius 2 is 1.82 bits per heavy atom. The van der Waals surface area contributed by atoms with E-state index in [2.05, 4.69) is 56.1 Å². The van der Waals surface area contributed by atoms with Crippen molar-refractivity contribution in [3.63, 3.8) is 0 Å². The Hall–Kier alpha value is -0.860. The fraction of sp³-hybridized carbons (Fsp3) is 0.812. The highest BCUT2D eigenvalue weighted by atomic mass is 16.3. The minimum Gasteiger partial charge on any atom is -0.379 e. The Morgan fingerprint density at radius 3 is 2.50 bits per heavy atom. The van der Waals surface area contributed by atoms with E-state index < -0.39 is 0 Å². The first-order valence-corrected chi connectivity index (χ1v) is 14.9. The van der Waals surface area contributed by atoms with Crippen LogP contribution in [0.3, 0.4) is 0 Å². The van der Waals surface area contributed by atoms with Gasteiger partial charge in [-0.05, 0) is 106 Å². The van der Waals surface area contributed by atoms with Gasteiger partial charge in [-0.25, -0.2) is 0 Å². The molecule has 3 aliphatic carbocycles. The number of piperidine rings is 1. The van der Waals surface area contributed by atoms with Gasteiger partial charge in [0.1, 0.15) is 6.23 Å². The highest BCUT2D eigenvalue weighted by Crippen LogP contribution is 2.47. The van der Waals surface area contributed by atoms with Crippen molar-refractivity contribution < 1.29 is 5.11 Å². The summed E-state index contributed by atoms with van der Waals surface area (Å²) in [4.78, 5) is 2.28. The molecule has 8 unspecified atom stereocenters. The van der Waals surface area contributed by atoms with Gasteiger partial charge in [0.05, 0.1) is 0 Å². The summed E-state index contributed by atoms with van der Waals surface area (Å²) in [6.45, 7) is 11.3. The Kier molecular flexibility index (Phi) is 9.56. The molecule has 4 rings (SSSR count). The van der Waals surface area contributed by atoms with E-state index in [9.17, 15) is 5.11 Å². The van der Waals surface area contributed by atoms with Crippen LogP contribution in [0.25, 0.3) is 0 Å². The molecule has 0 radical (unpaired) electrons. The van der Waals surface area contributed by atoms with Crippen LogP contribution in [-0.4, -0.2) is 29.3 Å². The van der Waals surface area contributed by atoms with Crippen LogP contribution in [0.15, 0.2) is 36.0 Å². The number of allylic oxidation sites excluding steroid dienone is 6. The number of aliphatic hydroxyl groups is 1. The van der Waals surface area contributed by atoms with Gasteiger partial charge in [-0.1, -0.05) is 76.0 Å². The number of rotatable bonds is 7. The van der Waals surface area contributed by atoms with Gasteiger partial charge in [-0.15, -0.1) is 0 Å². The second kappa shape index (κ2) is 12.4. The van der Waals surface area contributed by atoms with E-state index in [0.717, 1.165) is 54.5 Å². The summed E-state index contributed by atoms with van der Waals surface area (Å²) in [5.41, 5.74) is 1.74. The van der Waals surface area contributed by atoms with Gasteiger partial charge in [0.15, 0.2) is 0 Å². The van der Waals surface area contributed by atoms with E-state index in [1.807, 2.05) is 6.92 Å². The molecule has 192 valence electrons. The number of hydrogen-bond acceptors (Lipinski definition) is 2. The lowest BCUT2D eigenvalue weighted by molar-refractivity contribution is -0.0129. The number of hydrogen-bond donors (Lipinski definition) is 1. The highest BCUT2D eigenvalue weighted by molar-refractivity contribution is 5.22. The zero-order valence-corrected chi connectivity index (χ0v) is 22.7. The summed E-state index contributed by atoms with van der Waals surface area (Å²) in [7, 11) is 0. The standard InChI is InChI=1S/C32H53NO/c1-5-26-20-30(29-11-7-9-24(3)19-29)22-31(21-26)32(13-12-27-10-6-8-23(2)18-27)28-14-16-33(17-15-28)25(4)34/h7,9,11-13,23-28,30-32,34H,5-6,8,10,14-22H2,1-4H3. The van der Waals surface area contributed by atoms with E-state index in [4.69, 9.17) is 0 Å². The smallest absolute Gasteiger partial charge is 0.104 e. The average Bonchev–Trinajstić information content (AvgIpc) is 2.84. The summed E-state index contributed by atoms with van der Waals surface area (Å²) in [5.74, 6) is 6.41. The number of likely N-dealkylation sites (tertiary alicyclic amines) is 1. The van der Waals surface area contributed by atoms with Crippen LogP contribution >= 0.6 is 0 Å². The third-order valence-corrected chi connectivity index (χ3v) is 10.0. The van der Waals surface area contributed by atoms with E-state index >= 15 is 0 Å². The zero-order chi connectivity index (χ0) is 24.1. The second-order valence-corrected chi connectivity index (χ2v) is 12.7. The topological polar surface area (TPSA) is 23.5 Å². The van der Waals surface area contributed by atoms with Crippen molar-refractivity contribution in [2.75, 3.05) is 13.1 Å². The molecule has 34 heavy (non-hydrogen) atoms. The third-order valence-electron chi connectivity index (χ3n) is 10.0. The fourth-order valence-electron chi connectivity index (χ4n) is 7.93. The molecular formula is C32H53NO. The van der Waals surface area contributed by atoms with Crippen molar-refractivity contribution in [2.24, 2.45) is 47.3 Å². The van der Waals surface area contributed by atoms with Crippen molar-refractivity contribution in [3.05, 3.63) is 36.0 Å². The molecule has 0 aromatic carbocycles. The predicted molar refractivity (Wildman–Crippen MR) is 145 cm³/mol. The quantitative estimate of drug-likeness (QED) is 0.383. The van der Waals surface area contributed by atoms with Crippen LogP contribution in [0.5, 0.6) is 0 Å². The van der Waals surface area contributed by atoms with Gasteiger partial charge in [0, 0.05) is 13.1 Å². The van der Waals surface area contributed by atoms with Crippen molar-refractivity contribution >= 4 is 0 Å². The van der Waals surface area contributed by atoms with Gasteiger partial charge in [-0.2, -0.15) is 0 Å². The van der Waals surface area contributed by atoms with Crippen molar-refractivity contribution in [1.82, 2.24) is 4.90 Å². The van der Waals surface area contributed by atoms with Crippen LogP contribution < -0.4 is 0 Å². The third kappa shape index (κ3) is 6.88. The van der Waals surface area contributed by atoms with Crippen LogP contribution in [0.2, 0.25) is 0 Å². The highest BCUT2D eigenvalue weighted by Gasteiger charge is 2.38. The molecule has 3 fully saturated rings. The van der Waals surface area contributed by atoms with Crippen LogP contribution in [0.4, 0.5) is 0 Å². The molecule has 0 aromatic heterocycles. The lowest BCUT2D eigenvalue weighted by Crippen LogP contribution is -2.42. The lowest BCUT2D eigenvalue weighted by atomic mass is 9.63. The molecule has 1 heterocycles. The zero-order valence-electron chi connectivity index (χ0n) is 22.7. The molecule has 2 saturated carbocycles. The molecule has 1 saturated heterocycles. The molecule has 4 aliphatic rings. The molecule has 0 bridgehead atoms. The maximum Gasteiger partial charge on any atom is 0.104 e. The molecule has 0 amide bonds. The molecule has 2 nitrogen and oxygen atoms in total. The summed E-state index contributed by atoms with van der Waals surface area (Å²) in [6.07, 6.45) is 27.3. The van der Waals surface area contributed by atoms with Crippen molar-refractivity contribution in [1.29, 1.82) is 0 Å². The Bertz CT molecular complexity index is 713. The first-order chi connectivity index (χ1) is 16.4. The predicted octanol–water partition coefficient (Wildman–Crippen LogP) is 8.00. The Morgan fingerprint density at radius 1 is 1.03 bits per heavy atom. The van der Waals surface area contributed by atoms with Gasteiger partial charge in [0.25, 0.3) is 0 Å².